The number of methoxy groups -OCH3 is 1. The molecule has 168 valence electrons. The maximum Gasteiger partial charge on any atom is 0.271 e. The van der Waals surface area contributed by atoms with Crippen molar-refractivity contribution in [3.05, 3.63) is 94.0 Å². The highest BCUT2D eigenvalue weighted by Crippen LogP contribution is 2.27. The van der Waals surface area contributed by atoms with E-state index < -0.39 is 10.8 Å². The highest BCUT2D eigenvalue weighted by Gasteiger charge is 2.10. The summed E-state index contributed by atoms with van der Waals surface area (Å²) in [4.78, 5) is 34.3. The first-order chi connectivity index (χ1) is 16.0. The molecule has 10 heteroatoms. The number of carbonyl (C=O) groups excluding carboxylic acids is 2. The molecule has 0 heterocycles. The fourth-order valence-electron chi connectivity index (χ4n) is 2.71. The van der Waals surface area contributed by atoms with Crippen LogP contribution >= 0.6 is 0 Å². The first-order valence-electron chi connectivity index (χ1n) is 9.70. The largest absolute Gasteiger partial charge is 0.493 e. The molecule has 0 spiro atoms. The lowest BCUT2D eigenvalue weighted by Gasteiger charge is -2.11. The van der Waals surface area contributed by atoms with E-state index >= 15 is 0 Å². The minimum atomic E-state index is -0.545. The van der Waals surface area contributed by atoms with Gasteiger partial charge in [0.25, 0.3) is 17.5 Å². The van der Waals surface area contributed by atoms with Gasteiger partial charge in [0.1, 0.15) is 0 Å². The van der Waals surface area contributed by atoms with Crippen LogP contribution in [0, 0.1) is 10.1 Å². The van der Waals surface area contributed by atoms with Crippen molar-refractivity contribution in [3.8, 4) is 11.5 Å². The zero-order chi connectivity index (χ0) is 23.6. The molecule has 3 rings (SSSR count). The van der Waals surface area contributed by atoms with Crippen molar-refractivity contribution in [2.45, 2.75) is 0 Å². The summed E-state index contributed by atoms with van der Waals surface area (Å²) >= 11 is 0. The van der Waals surface area contributed by atoms with E-state index in [1.54, 1.807) is 30.3 Å². The summed E-state index contributed by atoms with van der Waals surface area (Å²) in [5.41, 5.74) is 3.74. The molecular formula is C23H20N4O6. The van der Waals surface area contributed by atoms with Gasteiger partial charge in [0, 0.05) is 23.4 Å². The van der Waals surface area contributed by atoms with Crippen molar-refractivity contribution < 1.29 is 24.0 Å². The van der Waals surface area contributed by atoms with Gasteiger partial charge in [0.15, 0.2) is 18.1 Å². The van der Waals surface area contributed by atoms with Crippen LogP contribution in [0.3, 0.4) is 0 Å². The van der Waals surface area contributed by atoms with Gasteiger partial charge in [0.05, 0.1) is 18.2 Å². The summed E-state index contributed by atoms with van der Waals surface area (Å²) in [6, 6.07) is 19.1. The number of hydrazone groups is 1. The monoisotopic (exact) mass is 448 g/mol. The molecule has 3 aromatic carbocycles. The summed E-state index contributed by atoms with van der Waals surface area (Å²) in [5.74, 6) is -0.0822. The molecular weight excluding hydrogens is 428 g/mol. The average Bonchev–Trinajstić information content (AvgIpc) is 2.83. The number of hydrogen-bond donors (Lipinski definition) is 2. The summed E-state index contributed by atoms with van der Waals surface area (Å²) in [7, 11) is 1.46. The van der Waals surface area contributed by atoms with Crippen molar-refractivity contribution in [1.29, 1.82) is 0 Å². The Bertz CT molecular complexity index is 1160. The Morgan fingerprint density at radius 2 is 1.76 bits per heavy atom. The number of non-ortho nitro benzene ring substituents is 1. The third-order valence-electron chi connectivity index (χ3n) is 4.32. The molecule has 2 amide bonds. The Morgan fingerprint density at radius 1 is 1.03 bits per heavy atom. The number of nitro benzene ring substituents is 1. The normalized spacial score (nSPS) is 10.5. The Hall–Kier alpha value is -4.73. The molecule has 0 aliphatic rings. The van der Waals surface area contributed by atoms with E-state index in [1.165, 1.54) is 37.6 Å². The Morgan fingerprint density at radius 3 is 2.42 bits per heavy atom. The lowest BCUT2D eigenvalue weighted by molar-refractivity contribution is -0.384. The topological polar surface area (TPSA) is 132 Å². The second-order valence-electron chi connectivity index (χ2n) is 6.62. The van der Waals surface area contributed by atoms with Crippen molar-refractivity contribution in [2.24, 2.45) is 5.10 Å². The molecule has 3 aromatic rings. The van der Waals surface area contributed by atoms with E-state index in [2.05, 4.69) is 15.8 Å². The van der Waals surface area contributed by atoms with Crippen molar-refractivity contribution in [3.63, 3.8) is 0 Å². The first-order valence-corrected chi connectivity index (χ1v) is 9.70. The number of nitrogens with zero attached hydrogens (tertiary/aromatic N) is 2. The van der Waals surface area contributed by atoms with Gasteiger partial charge in [-0.15, -0.1) is 0 Å². The van der Waals surface area contributed by atoms with E-state index in [1.807, 2.05) is 18.2 Å². The van der Waals surface area contributed by atoms with Crippen LogP contribution < -0.4 is 20.2 Å². The zero-order valence-corrected chi connectivity index (χ0v) is 17.6. The van der Waals surface area contributed by atoms with Gasteiger partial charge in [-0.3, -0.25) is 19.7 Å². The predicted molar refractivity (Wildman–Crippen MR) is 122 cm³/mol. The molecule has 33 heavy (non-hydrogen) atoms. The molecule has 0 bridgehead atoms. The second-order valence-corrected chi connectivity index (χ2v) is 6.62. The van der Waals surface area contributed by atoms with Gasteiger partial charge in [-0.1, -0.05) is 18.2 Å². The maximum atomic E-state index is 12.1. The van der Waals surface area contributed by atoms with Gasteiger partial charge in [-0.2, -0.15) is 5.10 Å². The quantitative estimate of drug-likeness (QED) is 0.293. The minimum absolute atomic E-state index is 0.109. The number of ether oxygens (including phenoxy) is 2. The van der Waals surface area contributed by atoms with Crippen molar-refractivity contribution in [2.75, 3.05) is 19.0 Å². The molecule has 0 aliphatic heterocycles. The molecule has 0 aromatic heterocycles. The zero-order valence-electron chi connectivity index (χ0n) is 17.6. The average molecular weight is 448 g/mol. The maximum absolute atomic E-state index is 12.1. The molecule has 0 atom stereocenters. The summed E-state index contributed by atoms with van der Waals surface area (Å²) in [6.45, 7) is -0.204. The van der Waals surface area contributed by atoms with E-state index in [9.17, 15) is 19.7 Å². The molecule has 2 N–H and O–H groups in total. The molecule has 0 radical (unpaired) electrons. The van der Waals surface area contributed by atoms with Gasteiger partial charge >= 0.3 is 0 Å². The number of carbonyl (C=O) groups is 2. The lowest BCUT2D eigenvalue weighted by Crippen LogP contribution is -2.20. The fourth-order valence-corrected chi connectivity index (χ4v) is 2.71. The standard InChI is InChI=1S/C23H20N4O6/c1-32-21-13-16(14-24-26-23(29)17-8-10-19(11-9-17)27(30)31)7-12-20(21)33-15-22(28)25-18-5-3-2-4-6-18/h2-14H,15H2,1H3,(H,25,28)(H,26,29)/b24-14-. The van der Waals surface area contributed by atoms with Crippen molar-refractivity contribution >= 4 is 29.4 Å². The Kier molecular flexibility index (Phi) is 7.68. The van der Waals surface area contributed by atoms with Gasteiger partial charge in [-0.05, 0) is 48.0 Å². The summed E-state index contributed by atoms with van der Waals surface area (Å²) in [6.07, 6.45) is 1.40. The smallest absolute Gasteiger partial charge is 0.271 e. The van der Waals surface area contributed by atoms with Gasteiger partial charge in [-0.25, -0.2) is 5.43 Å². The van der Waals surface area contributed by atoms with Crippen LogP contribution in [0.1, 0.15) is 15.9 Å². The van der Waals surface area contributed by atoms with Crippen molar-refractivity contribution in [1.82, 2.24) is 5.43 Å². The number of anilines is 1. The highest BCUT2D eigenvalue weighted by atomic mass is 16.6. The van der Waals surface area contributed by atoms with Gasteiger partial charge < -0.3 is 14.8 Å². The molecule has 0 unspecified atom stereocenters. The number of benzene rings is 3. The summed E-state index contributed by atoms with van der Waals surface area (Å²) in [5, 5.41) is 17.3. The Labute approximate surface area is 189 Å². The number of para-hydroxylation sites is 1. The number of amides is 2. The predicted octanol–water partition coefficient (Wildman–Crippen LogP) is 3.38. The highest BCUT2D eigenvalue weighted by molar-refractivity contribution is 5.95. The molecule has 0 saturated heterocycles. The second kappa shape index (κ2) is 11.0. The molecule has 0 saturated carbocycles. The van der Waals surface area contributed by atoms with Gasteiger partial charge in [0.2, 0.25) is 0 Å². The first kappa shape index (κ1) is 22.9. The Balaban J connectivity index is 1.56. The van der Waals surface area contributed by atoms with Crippen LogP contribution in [0.15, 0.2) is 77.9 Å². The SMILES string of the molecule is COc1cc(/C=N\NC(=O)c2ccc([N+](=O)[O-])cc2)ccc1OCC(=O)Nc1ccccc1. The van der Waals surface area contributed by atoms with E-state index in [-0.39, 0.29) is 23.8 Å². The third kappa shape index (κ3) is 6.62. The molecule has 10 nitrogen and oxygen atoms in total. The van der Waals surface area contributed by atoms with E-state index in [0.717, 1.165) is 0 Å². The minimum Gasteiger partial charge on any atom is -0.493 e. The van der Waals surface area contributed by atoms with Crippen LogP contribution in [-0.4, -0.2) is 36.7 Å². The molecule has 0 fully saturated rings. The fraction of sp³-hybridized carbons (Fsp3) is 0.0870. The van der Waals surface area contributed by atoms with Crippen LogP contribution in [0.5, 0.6) is 11.5 Å². The van der Waals surface area contributed by atoms with Crippen LogP contribution in [0.4, 0.5) is 11.4 Å². The number of nitro groups is 1. The number of nitrogens with one attached hydrogen (secondary N) is 2. The number of hydrogen-bond acceptors (Lipinski definition) is 7. The van der Waals surface area contributed by atoms with Crippen LogP contribution in [0.25, 0.3) is 0 Å². The van der Waals surface area contributed by atoms with Crippen LogP contribution in [0.2, 0.25) is 0 Å². The molecule has 0 aliphatic carbocycles. The third-order valence-corrected chi connectivity index (χ3v) is 4.32. The van der Waals surface area contributed by atoms with E-state index in [4.69, 9.17) is 9.47 Å². The van der Waals surface area contributed by atoms with Crippen LogP contribution in [-0.2, 0) is 4.79 Å². The van der Waals surface area contributed by atoms with E-state index in [0.29, 0.717) is 22.7 Å². The summed E-state index contributed by atoms with van der Waals surface area (Å²) < 4.78 is 10.8. The lowest BCUT2D eigenvalue weighted by atomic mass is 10.2. The number of rotatable bonds is 9.